The van der Waals surface area contributed by atoms with Gasteiger partial charge in [-0.05, 0) is 6.42 Å². The third-order valence-corrected chi connectivity index (χ3v) is 2.31. The van der Waals surface area contributed by atoms with E-state index in [1.54, 1.807) is 6.92 Å². The number of aliphatic hydroxyl groups excluding tert-OH is 1. The standard InChI is InChI=1S/C11H15F5N4O/c1-2-3-17-9-19-7(11(14,15)16)4-8(20-9)18-5-10(12,13)6-21/h4,21H,2-3,5-6H2,1H3,(H2,17,18,19,20). The second-order valence-corrected chi connectivity index (χ2v) is 4.25. The molecule has 0 aromatic carbocycles. The summed E-state index contributed by atoms with van der Waals surface area (Å²) < 4.78 is 63.8. The van der Waals surface area contributed by atoms with Crippen LogP contribution in [0, 0.1) is 0 Å². The molecule has 0 aliphatic carbocycles. The average Bonchev–Trinajstić information content (AvgIpc) is 2.42. The summed E-state index contributed by atoms with van der Waals surface area (Å²) in [7, 11) is 0. The molecule has 0 saturated carbocycles. The van der Waals surface area contributed by atoms with Crippen molar-refractivity contribution in [3.8, 4) is 0 Å². The van der Waals surface area contributed by atoms with Crippen LogP contribution in [0.4, 0.5) is 33.7 Å². The molecule has 21 heavy (non-hydrogen) atoms. The number of anilines is 2. The molecule has 0 bridgehead atoms. The smallest absolute Gasteiger partial charge is 0.390 e. The van der Waals surface area contributed by atoms with Crippen LogP contribution in [0.3, 0.4) is 0 Å². The van der Waals surface area contributed by atoms with Gasteiger partial charge in [0.2, 0.25) is 5.95 Å². The minimum Gasteiger partial charge on any atom is -0.390 e. The first-order valence-corrected chi connectivity index (χ1v) is 6.10. The molecule has 0 unspecified atom stereocenters. The molecule has 1 aromatic heterocycles. The minimum atomic E-state index is -4.72. The maximum atomic E-state index is 12.9. The van der Waals surface area contributed by atoms with E-state index >= 15 is 0 Å². The zero-order chi connectivity index (χ0) is 16.1. The van der Waals surface area contributed by atoms with Gasteiger partial charge in [0.1, 0.15) is 12.4 Å². The quantitative estimate of drug-likeness (QED) is 0.674. The number of nitrogens with zero attached hydrogens (tertiary/aromatic N) is 2. The fraction of sp³-hybridized carbons (Fsp3) is 0.636. The molecular formula is C11H15F5N4O. The molecule has 5 nitrogen and oxygen atoms in total. The van der Waals surface area contributed by atoms with Crippen molar-refractivity contribution in [3.63, 3.8) is 0 Å². The summed E-state index contributed by atoms with van der Waals surface area (Å²) in [6.45, 7) is -0.321. The van der Waals surface area contributed by atoms with Gasteiger partial charge in [-0.1, -0.05) is 6.92 Å². The summed E-state index contributed by atoms with van der Waals surface area (Å²) in [6.07, 6.45) is -4.09. The molecule has 1 aromatic rings. The van der Waals surface area contributed by atoms with E-state index in [0.29, 0.717) is 19.0 Å². The predicted molar refractivity (Wildman–Crippen MR) is 66.3 cm³/mol. The molecule has 0 aliphatic rings. The number of alkyl halides is 5. The second-order valence-electron chi connectivity index (χ2n) is 4.25. The molecule has 10 heteroatoms. The SMILES string of the molecule is CCCNc1nc(NCC(F)(F)CO)cc(C(F)(F)F)n1. The molecule has 1 heterocycles. The summed E-state index contributed by atoms with van der Waals surface area (Å²) in [4.78, 5) is 6.96. The highest BCUT2D eigenvalue weighted by molar-refractivity contribution is 5.43. The molecule has 0 amide bonds. The lowest BCUT2D eigenvalue weighted by molar-refractivity contribution is -0.141. The van der Waals surface area contributed by atoms with E-state index in [1.807, 2.05) is 0 Å². The van der Waals surface area contributed by atoms with Crippen molar-refractivity contribution < 1.29 is 27.1 Å². The van der Waals surface area contributed by atoms with Crippen molar-refractivity contribution in [1.82, 2.24) is 9.97 Å². The maximum Gasteiger partial charge on any atom is 0.433 e. The van der Waals surface area contributed by atoms with Gasteiger partial charge in [-0.15, -0.1) is 0 Å². The van der Waals surface area contributed by atoms with Gasteiger partial charge in [0.05, 0.1) is 6.54 Å². The Morgan fingerprint density at radius 2 is 1.81 bits per heavy atom. The second kappa shape index (κ2) is 6.83. The number of hydrogen-bond donors (Lipinski definition) is 3. The summed E-state index contributed by atoms with van der Waals surface area (Å²) in [5, 5.41) is 13.0. The largest absolute Gasteiger partial charge is 0.433 e. The van der Waals surface area contributed by atoms with Crippen molar-refractivity contribution in [3.05, 3.63) is 11.8 Å². The van der Waals surface area contributed by atoms with Crippen LogP contribution >= 0.6 is 0 Å². The lowest BCUT2D eigenvalue weighted by atomic mass is 10.3. The molecule has 0 atom stereocenters. The van der Waals surface area contributed by atoms with E-state index in [-0.39, 0.29) is 5.95 Å². The van der Waals surface area contributed by atoms with Gasteiger partial charge in [-0.3, -0.25) is 0 Å². The summed E-state index contributed by atoms with van der Waals surface area (Å²) in [6, 6.07) is 0.532. The Hall–Kier alpha value is -1.71. The van der Waals surface area contributed by atoms with Crippen LogP contribution in [0.2, 0.25) is 0 Å². The number of aromatic nitrogens is 2. The first kappa shape index (κ1) is 17.3. The Morgan fingerprint density at radius 1 is 1.14 bits per heavy atom. The van der Waals surface area contributed by atoms with Crippen LogP contribution < -0.4 is 10.6 Å². The minimum absolute atomic E-state index is 0.304. The molecule has 0 radical (unpaired) electrons. The van der Waals surface area contributed by atoms with Gasteiger partial charge >= 0.3 is 6.18 Å². The van der Waals surface area contributed by atoms with Crippen molar-refractivity contribution in [2.75, 3.05) is 30.3 Å². The zero-order valence-electron chi connectivity index (χ0n) is 11.1. The molecule has 1 rings (SSSR count). The molecule has 0 spiro atoms. The molecule has 3 N–H and O–H groups in total. The van der Waals surface area contributed by atoms with Crippen molar-refractivity contribution in [2.24, 2.45) is 0 Å². The summed E-state index contributed by atoms with van der Waals surface area (Å²) >= 11 is 0. The fourth-order valence-electron chi connectivity index (χ4n) is 1.27. The normalized spacial score (nSPS) is 12.3. The fourth-order valence-corrected chi connectivity index (χ4v) is 1.27. The van der Waals surface area contributed by atoms with Crippen LogP contribution in [0.25, 0.3) is 0 Å². The maximum absolute atomic E-state index is 12.9. The van der Waals surface area contributed by atoms with E-state index in [2.05, 4.69) is 20.6 Å². The third-order valence-electron chi connectivity index (χ3n) is 2.31. The lowest BCUT2D eigenvalue weighted by Crippen LogP contribution is -2.31. The number of nitrogens with one attached hydrogen (secondary N) is 2. The van der Waals surface area contributed by atoms with Gasteiger partial charge < -0.3 is 15.7 Å². The predicted octanol–water partition coefficient (Wildman–Crippen LogP) is 2.36. The Bertz CT molecular complexity index is 466. The van der Waals surface area contributed by atoms with Gasteiger partial charge in [-0.25, -0.2) is 13.8 Å². The highest BCUT2D eigenvalue weighted by atomic mass is 19.4. The Morgan fingerprint density at radius 3 is 2.33 bits per heavy atom. The van der Waals surface area contributed by atoms with Crippen LogP contribution in [0.1, 0.15) is 19.0 Å². The van der Waals surface area contributed by atoms with Crippen LogP contribution in [-0.4, -0.2) is 40.7 Å². The average molecular weight is 314 g/mol. The Balaban J connectivity index is 2.96. The van der Waals surface area contributed by atoms with E-state index in [0.717, 1.165) is 0 Å². The highest BCUT2D eigenvalue weighted by Crippen LogP contribution is 2.29. The van der Waals surface area contributed by atoms with E-state index < -0.39 is 36.8 Å². The lowest BCUT2D eigenvalue weighted by Gasteiger charge is -2.16. The first-order valence-electron chi connectivity index (χ1n) is 6.10. The number of halogens is 5. The molecular weight excluding hydrogens is 299 g/mol. The van der Waals surface area contributed by atoms with Gasteiger partial charge in [0.15, 0.2) is 5.69 Å². The van der Waals surface area contributed by atoms with Crippen molar-refractivity contribution >= 4 is 11.8 Å². The summed E-state index contributed by atoms with van der Waals surface area (Å²) in [5.41, 5.74) is -1.24. The Kier molecular flexibility index (Phi) is 5.64. The van der Waals surface area contributed by atoms with Crippen LogP contribution in [0.5, 0.6) is 0 Å². The van der Waals surface area contributed by atoms with E-state index in [1.165, 1.54) is 0 Å². The van der Waals surface area contributed by atoms with Gasteiger partial charge in [0.25, 0.3) is 5.92 Å². The van der Waals surface area contributed by atoms with Crippen molar-refractivity contribution in [2.45, 2.75) is 25.4 Å². The highest BCUT2D eigenvalue weighted by Gasteiger charge is 2.34. The first-order chi connectivity index (χ1) is 9.68. The van der Waals surface area contributed by atoms with E-state index in [9.17, 15) is 22.0 Å². The summed E-state index contributed by atoms with van der Waals surface area (Å²) in [5.74, 6) is -4.16. The van der Waals surface area contributed by atoms with Gasteiger partial charge in [0, 0.05) is 12.6 Å². The monoisotopic (exact) mass is 314 g/mol. The number of aliphatic hydroxyl groups is 1. The topological polar surface area (TPSA) is 70.1 Å². The molecule has 0 fully saturated rings. The third kappa shape index (κ3) is 5.66. The number of hydrogen-bond acceptors (Lipinski definition) is 5. The van der Waals surface area contributed by atoms with Gasteiger partial charge in [-0.2, -0.15) is 18.2 Å². The molecule has 0 saturated heterocycles. The van der Waals surface area contributed by atoms with E-state index in [4.69, 9.17) is 5.11 Å². The van der Waals surface area contributed by atoms with Crippen LogP contribution in [-0.2, 0) is 6.18 Å². The molecule has 120 valence electrons. The Labute approximate surface area is 117 Å². The van der Waals surface area contributed by atoms with Crippen molar-refractivity contribution in [1.29, 1.82) is 0 Å². The number of rotatable bonds is 7. The zero-order valence-corrected chi connectivity index (χ0v) is 11.1. The van der Waals surface area contributed by atoms with Crippen LogP contribution in [0.15, 0.2) is 6.07 Å². The molecule has 0 aliphatic heterocycles.